The molecule has 104 valence electrons. The van der Waals surface area contributed by atoms with Crippen LogP contribution < -0.4 is 21.9 Å². The molecule has 20 heavy (non-hydrogen) atoms. The second-order valence-corrected chi connectivity index (χ2v) is 4.66. The minimum atomic E-state index is -0.441. The zero-order valence-corrected chi connectivity index (χ0v) is 10.6. The van der Waals surface area contributed by atoms with Gasteiger partial charge in [-0.3, -0.25) is 0 Å². The fourth-order valence-corrected chi connectivity index (χ4v) is 2.30. The van der Waals surface area contributed by atoms with E-state index >= 15 is 0 Å². The molecule has 7 heteroatoms. The Kier molecular flexibility index (Phi) is 2.90. The van der Waals surface area contributed by atoms with Crippen molar-refractivity contribution in [2.45, 2.75) is 12.5 Å². The van der Waals surface area contributed by atoms with Gasteiger partial charge in [0, 0.05) is 30.2 Å². The SMILES string of the molecule is NCC1Cc2cc(-c3cc(N)nc(N)n3)cc(F)c2O1. The first kappa shape index (κ1) is 12.6. The van der Waals surface area contributed by atoms with Gasteiger partial charge in [-0.1, -0.05) is 0 Å². The van der Waals surface area contributed by atoms with E-state index < -0.39 is 5.82 Å². The predicted octanol–water partition coefficient (Wildman–Crippen LogP) is 0.709. The number of hydrogen-bond acceptors (Lipinski definition) is 6. The summed E-state index contributed by atoms with van der Waals surface area (Å²) in [5.41, 5.74) is 18.6. The van der Waals surface area contributed by atoms with Crippen LogP contribution in [0, 0.1) is 5.82 Å². The number of rotatable bonds is 2. The largest absolute Gasteiger partial charge is 0.485 e. The molecule has 3 rings (SSSR count). The molecule has 0 spiro atoms. The normalized spacial score (nSPS) is 16.8. The second kappa shape index (κ2) is 4.61. The molecule has 0 aliphatic carbocycles. The van der Waals surface area contributed by atoms with Crippen LogP contribution in [-0.2, 0) is 6.42 Å². The molecule has 0 amide bonds. The number of nitrogen functional groups attached to an aromatic ring is 2. The number of benzene rings is 1. The summed E-state index contributed by atoms with van der Waals surface area (Å²) in [6, 6.07) is 4.71. The summed E-state index contributed by atoms with van der Waals surface area (Å²) >= 11 is 0. The summed E-state index contributed by atoms with van der Waals surface area (Å²) in [4.78, 5) is 7.85. The molecule has 2 heterocycles. The monoisotopic (exact) mass is 275 g/mol. The molecule has 1 atom stereocenters. The number of nitrogens with zero attached hydrogens (tertiary/aromatic N) is 2. The van der Waals surface area contributed by atoms with Gasteiger partial charge in [0.25, 0.3) is 0 Å². The number of aromatic nitrogens is 2. The number of nitrogens with two attached hydrogens (primary N) is 3. The zero-order valence-electron chi connectivity index (χ0n) is 10.6. The lowest BCUT2D eigenvalue weighted by Crippen LogP contribution is -2.24. The Morgan fingerprint density at radius 1 is 1.25 bits per heavy atom. The Balaban J connectivity index is 2.06. The van der Waals surface area contributed by atoms with Gasteiger partial charge < -0.3 is 21.9 Å². The fourth-order valence-electron chi connectivity index (χ4n) is 2.30. The van der Waals surface area contributed by atoms with Crippen molar-refractivity contribution >= 4 is 11.8 Å². The topological polar surface area (TPSA) is 113 Å². The highest BCUT2D eigenvalue weighted by molar-refractivity contribution is 5.66. The molecular formula is C13H14FN5O. The van der Waals surface area contributed by atoms with E-state index in [0.29, 0.717) is 24.2 Å². The predicted molar refractivity (Wildman–Crippen MR) is 73.4 cm³/mol. The first-order valence-electron chi connectivity index (χ1n) is 6.16. The summed E-state index contributed by atoms with van der Waals surface area (Å²) in [6.07, 6.45) is 0.391. The van der Waals surface area contributed by atoms with E-state index in [2.05, 4.69) is 9.97 Å². The van der Waals surface area contributed by atoms with Gasteiger partial charge in [-0.15, -0.1) is 0 Å². The van der Waals surface area contributed by atoms with E-state index in [1.807, 2.05) is 6.07 Å². The van der Waals surface area contributed by atoms with Crippen LogP contribution in [0.2, 0.25) is 0 Å². The minimum absolute atomic E-state index is 0.0528. The van der Waals surface area contributed by atoms with E-state index in [1.54, 1.807) is 6.07 Å². The number of anilines is 2. The van der Waals surface area contributed by atoms with E-state index in [-0.39, 0.29) is 23.6 Å². The third-order valence-electron chi connectivity index (χ3n) is 3.17. The number of hydrogen-bond donors (Lipinski definition) is 3. The van der Waals surface area contributed by atoms with Crippen molar-refractivity contribution in [3.63, 3.8) is 0 Å². The van der Waals surface area contributed by atoms with Crippen LogP contribution in [0.1, 0.15) is 5.56 Å². The molecule has 2 aromatic rings. The molecule has 0 radical (unpaired) electrons. The summed E-state index contributed by atoms with van der Waals surface area (Å²) in [5, 5.41) is 0. The van der Waals surface area contributed by atoms with Crippen molar-refractivity contribution < 1.29 is 9.13 Å². The molecule has 6 N–H and O–H groups in total. The first-order chi connectivity index (χ1) is 9.56. The maximum absolute atomic E-state index is 14.1. The number of fused-ring (bicyclic) bond motifs is 1. The Hall–Kier alpha value is -2.41. The minimum Gasteiger partial charge on any atom is -0.485 e. The van der Waals surface area contributed by atoms with Gasteiger partial charge in [0.05, 0.1) is 5.69 Å². The molecule has 1 aromatic carbocycles. The van der Waals surface area contributed by atoms with Gasteiger partial charge in [0.1, 0.15) is 11.9 Å². The lowest BCUT2D eigenvalue weighted by Gasteiger charge is -2.08. The fraction of sp³-hybridized carbons (Fsp3) is 0.231. The smallest absolute Gasteiger partial charge is 0.222 e. The van der Waals surface area contributed by atoms with Crippen LogP contribution in [0.5, 0.6) is 5.75 Å². The van der Waals surface area contributed by atoms with Crippen molar-refractivity contribution in [2.24, 2.45) is 5.73 Å². The summed E-state index contributed by atoms with van der Waals surface area (Å²) < 4.78 is 19.5. The third-order valence-corrected chi connectivity index (χ3v) is 3.17. The average Bonchev–Trinajstić information content (AvgIpc) is 2.81. The average molecular weight is 275 g/mol. The maximum atomic E-state index is 14.1. The van der Waals surface area contributed by atoms with E-state index in [9.17, 15) is 4.39 Å². The van der Waals surface area contributed by atoms with Crippen LogP contribution in [0.3, 0.4) is 0 Å². The number of halogens is 1. The second-order valence-electron chi connectivity index (χ2n) is 4.66. The van der Waals surface area contributed by atoms with Crippen molar-refractivity contribution in [2.75, 3.05) is 18.0 Å². The Morgan fingerprint density at radius 2 is 2.05 bits per heavy atom. The van der Waals surface area contributed by atoms with Gasteiger partial charge in [-0.05, 0) is 12.1 Å². The van der Waals surface area contributed by atoms with Crippen molar-refractivity contribution in [1.29, 1.82) is 0 Å². The first-order valence-corrected chi connectivity index (χ1v) is 6.16. The summed E-state index contributed by atoms with van der Waals surface area (Å²) in [7, 11) is 0. The summed E-state index contributed by atoms with van der Waals surface area (Å²) in [6.45, 7) is 0.344. The molecule has 1 aliphatic heterocycles. The van der Waals surface area contributed by atoms with Crippen LogP contribution in [0.25, 0.3) is 11.3 Å². The number of ether oxygens (including phenoxy) is 1. The lowest BCUT2D eigenvalue weighted by molar-refractivity contribution is 0.232. The molecule has 6 nitrogen and oxygen atoms in total. The van der Waals surface area contributed by atoms with Gasteiger partial charge in [0.15, 0.2) is 11.6 Å². The quantitative estimate of drug-likeness (QED) is 0.744. The van der Waals surface area contributed by atoms with Gasteiger partial charge in [-0.25, -0.2) is 9.37 Å². The Labute approximate surface area is 114 Å². The molecule has 1 aromatic heterocycles. The molecular weight excluding hydrogens is 261 g/mol. The molecule has 0 fully saturated rings. The Bertz CT molecular complexity index is 656. The molecule has 0 saturated carbocycles. The highest BCUT2D eigenvalue weighted by Crippen LogP contribution is 2.35. The van der Waals surface area contributed by atoms with Crippen molar-refractivity contribution in [1.82, 2.24) is 9.97 Å². The zero-order chi connectivity index (χ0) is 14.3. The molecule has 1 unspecified atom stereocenters. The van der Waals surface area contributed by atoms with E-state index in [1.165, 1.54) is 6.07 Å². The van der Waals surface area contributed by atoms with Gasteiger partial charge in [-0.2, -0.15) is 4.98 Å². The molecule has 1 aliphatic rings. The van der Waals surface area contributed by atoms with E-state index in [0.717, 1.165) is 5.56 Å². The van der Waals surface area contributed by atoms with Gasteiger partial charge >= 0.3 is 0 Å². The highest BCUT2D eigenvalue weighted by atomic mass is 19.1. The van der Waals surface area contributed by atoms with Crippen LogP contribution in [-0.4, -0.2) is 22.6 Å². The maximum Gasteiger partial charge on any atom is 0.222 e. The summed E-state index contributed by atoms with van der Waals surface area (Å²) in [5.74, 6) is 0.116. The Morgan fingerprint density at radius 3 is 2.75 bits per heavy atom. The van der Waals surface area contributed by atoms with Gasteiger partial charge in [0.2, 0.25) is 5.95 Å². The van der Waals surface area contributed by atoms with Crippen LogP contribution in [0.15, 0.2) is 18.2 Å². The highest BCUT2D eigenvalue weighted by Gasteiger charge is 2.26. The van der Waals surface area contributed by atoms with Crippen LogP contribution in [0.4, 0.5) is 16.2 Å². The van der Waals surface area contributed by atoms with Crippen molar-refractivity contribution in [3.05, 3.63) is 29.6 Å². The molecule has 0 saturated heterocycles. The lowest BCUT2D eigenvalue weighted by atomic mass is 10.0. The van der Waals surface area contributed by atoms with Crippen LogP contribution >= 0.6 is 0 Å². The molecule has 0 bridgehead atoms. The van der Waals surface area contributed by atoms with E-state index in [4.69, 9.17) is 21.9 Å². The van der Waals surface area contributed by atoms with Crippen molar-refractivity contribution in [3.8, 4) is 17.0 Å². The third kappa shape index (κ3) is 2.12. The standard InChI is InChI=1S/C13H14FN5O/c14-9-3-6(10-4-11(16)19-13(17)18-10)1-7-2-8(5-15)20-12(7)9/h1,3-4,8H,2,5,15H2,(H4,16,17,18,19).